The van der Waals surface area contributed by atoms with Crippen LogP contribution in [-0.4, -0.2) is 13.2 Å². The fourth-order valence-electron chi connectivity index (χ4n) is 3.63. The summed E-state index contributed by atoms with van der Waals surface area (Å²) in [6, 6.07) is 0. The number of unbranched alkanes of at least 4 members (excludes halogenated alkanes) is 18. The van der Waals surface area contributed by atoms with Crippen LogP contribution >= 0.6 is 0 Å². The maximum absolute atomic E-state index is 5.29. The third-order valence-electron chi connectivity index (χ3n) is 5.62. The summed E-state index contributed by atoms with van der Waals surface area (Å²) in [5, 5.41) is 0. The van der Waals surface area contributed by atoms with Crippen LogP contribution in [0.15, 0.2) is 0 Å². The van der Waals surface area contributed by atoms with Crippen molar-refractivity contribution in [2.75, 3.05) is 7.11 Å². The Balaban J connectivity index is 2.98. The van der Waals surface area contributed by atoms with Crippen molar-refractivity contribution in [2.45, 2.75) is 148 Å². The predicted molar refractivity (Wildman–Crippen MR) is 114 cm³/mol. The van der Waals surface area contributed by atoms with E-state index in [2.05, 4.69) is 13.8 Å². The lowest BCUT2D eigenvalue weighted by Gasteiger charge is -2.08. The molecular formula is C24H50O. The molecule has 0 fully saturated rings. The van der Waals surface area contributed by atoms with Gasteiger partial charge in [-0.3, -0.25) is 0 Å². The van der Waals surface area contributed by atoms with E-state index in [0.29, 0.717) is 6.10 Å². The van der Waals surface area contributed by atoms with Gasteiger partial charge in [-0.1, -0.05) is 129 Å². The maximum atomic E-state index is 5.29. The highest BCUT2D eigenvalue weighted by Crippen LogP contribution is 2.15. The summed E-state index contributed by atoms with van der Waals surface area (Å²) in [6.07, 6.45) is 29.3. The lowest BCUT2D eigenvalue weighted by molar-refractivity contribution is 0.108. The van der Waals surface area contributed by atoms with E-state index in [1.165, 1.54) is 128 Å². The maximum Gasteiger partial charge on any atom is 0.0543 e. The fraction of sp³-hybridized carbons (Fsp3) is 1.00. The Bertz CT molecular complexity index is 226. The Hall–Kier alpha value is -0.0400. The largest absolute Gasteiger partial charge is 0.382 e. The van der Waals surface area contributed by atoms with Crippen molar-refractivity contribution in [3.63, 3.8) is 0 Å². The standard InChI is InChI=1S/C24H50O/c1-4-5-6-7-8-9-10-11-12-13-14-15-16-17-18-19-20-21-22-23-24(2)25-3/h24H,4-23H2,1-3H3. The molecule has 1 unspecified atom stereocenters. The number of ether oxygens (including phenoxy) is 1. The molecule has 0 saturated carbocycles. The fourth-order valence-corrected chi connectivity index (χ4v) is 3.63. The molecule has 0 aromatic rings. The molecule has 0 radical (unpaired) electrons. The van der Waals surface area contributed by atoms with Gasteiger partial charge in [0.05, 0.1) is 6.10 Å². The van der Waals surface area contributed by atoms with Gasteiger partial charge in [-0.2, -0.15) is 0 Å². The molecule has 25 heavy (non-hydrogen) atoms. The zero-order valence-electron chi connectivity index (χ0n) is 18.1. The minimum absolute atomic E-state index is 0.450. The molecule has 0 amide bonds. The van der Waals surface area contributed by atoms with Gasteiger partial charge in [0.2, 0.25) is 0 Å². The molecule has 0 aromatic carbocycles. The van der Waals surface area contributed by atoms with Crippen molar-refractivity contribution in [1.29, 1.82) is 0 Å². The summed E-state index contributed by atoms with van der Waals surface area (Å²) in [6.45, 7) is 4.47. The molecular weight excluding hydrogens is 304 g/mol. The monoisotopic (exact) mass is 354 g/mol. The van der Waals surface area contributed by atoms with Crippen LogP contribution in [-0.2, 0) is 4.74 Å². The van der Waals surface area contributed by atoms with Crippen molar-refractivity contribution in [1.82, 2.24) is 0 Å². The minimum atomic E-state index is 0.450. The van der Waals surface area contributed by atoms with Crippen LogP contribution in [0.5, 0.6) is 0 Å². The molecule has 152 valence electrons. The zero-order chi connectivity index (χ0) is 18.4. The Kier molecular flexibility index (Phi) is 22.0. The first kappa shape index (κ1) is 25.0. The van der Waals surface area contributed by atoms with E-state index in [1.807, 2.05) is 7.11 Å². The molecule has 0 rings (SSSR count). The molecule has 0 spiro atoms. The van der Waals surface area contributed by atoms with Crippen molar-refractivity contribution < 1.29 is 4.74 Å². The molecule has 0 aliphatic carbocycles. The molecule has 0 N–H and O–H groups in total. The van der Waals surface area contributed by atoms with E-state index in [4.69, 9.17) is 4.74 Å². The molecule has 0 heterocycles. The number of rotatable bonds is 21. The van der Waals surface area contributed by atoms with Crippen LogP contribution in [0, 0.1) is 0 Å². The predicted octanol–water partition coefficient (Wildman–Crippen LogP) is 8.84. The van der Waals surface area contributed by atoms with Gasteiger partial charge in [-0.05, 0) is 13.3 Å². The molecule has 1 heteroatoms. The van der Waals surface area contributed by atoms with E-state index >= 15 is 0 Å². The number of hydrogen-bond donors (Lipinski definition) is 0. The topological polar surface area (TPSA) is 9.23 Å². The average Bonchev–Trinajstić information content (AvgIpc) is 2.63. The second-order valence-electron chi connectivity index (χ2n) is 8.20. The van der Waals surface area contributed by atoms with E-state index < -0.39 is 0 Å². The van der Waals surface area contributed by atoms with Crippen LogP contribution < -0.4 is 0 Å². The van der Waals surface area contributed by atoms with Crippen LogP contribution in [0.2, 0.25) is 0 Å². The van der Waals surface area contributed by atoms with Crippen LogP contribution in [0.1, 0.15) is 142 Å². The van der Waals surface area contributed by atoms with Crippen LogP contribution in [0.4, 0.5) is 0 Å². The average molecular weight is 355 g/mol. The van der Waals surface area contributed by atoms with Crippen molar-refractivity contribution in [3.8, 4) is 0 Å². The van der Waals surface area contributed by atoms with Gasteiger partial charge in [-0.25, -0.2) is 0 Å². The van der Waals surface area contributed by atoms with E-state index in [0.717, 1.165) is 0 Å². The SMILES string of the molecule is CCCCCCCCCCCCCCCCCCCCCC(C)OC. The Morgan fingerprint density at radius 3 is 1.04 bits per heavy atom. The molecule has 0 aliphatic rings. The van der Waals surface area contributed by atoms with Crippen molar-refractivity contribution in [3.05, 3.63) is 0 Å². The summed E-state index contributed by atoms with van der Waals surface area (Å²) in [4.78, 5) is 0. The van der Waals surface area contributed by atoms with Gasteiger partial charge in [0.25, 0.3) is 0 Å². The second-order valence-corrected chi connectivity index (χ2v) is 8.20. The summed E-state index contributed by atoms with van der Waals surface area (Å²) in [5.41, 5.74) is 0. The minimum Gasteiger partial charge on any atom is -0.382 e. The third kappa shape index (κ3) is 21.9. The Morgan fingerprint density at radius 2 is 0.760 bits per heavy atom. The van der Waals surface area contributed by atoms with Gasteiger partial charge in [0, 0.05) is 7.11 Å². The van der Waals surface area contributed by atoms with Gasteiger partial charge in [-0.15, -0.1) is 0 Å². The van der Waals surface area contributed by atoms with E-state index in [1.54, 1.807) is 0 Å². The quantitative estimate of drug-likeness (QED) is 0.187. The summed E-state index contributed by atoms with van der Waals surface area (Å²) in [7, 11) is 1.82. The third-order valence-corrected chi connectivity index (χ3v) is 5.62. The van der Waals surface area contributed by atoms with Crippen molar-refractivity contribution >= 4 is 0 Å². The summed E-state index contributed by atoms with van der Waals surface area (Å²) >= 11 is 0. The highest BCUT2D eigenvalue weighted by Gasteiger charge is 1.98. The number of methoxy groups -OCH3 is 1. The molecule has 0 saturated heterocycles. The highest BCUT2D eigenvalue weighted by molar-refractivity contribution is 4.52. The Labute approximate surface area is 160 Å². The van der Waals surface area contributed by atoms with Gasteiger partial charge < -0.3 is 4.74 Å². The second kappa shape index (κ2) is 22.0. The smallest absolute Gasteiger partial charge is 0.0543 e. The summed E-state index contributed by atoms with van der Waals surface area (Å²) in [5.74, 6) is 0. The summed E-state index contributed by atoms with van der Waals surface area (Å²) < 4.78 is 5.29. The molecule has 1 atom stereocenters. The van der Waals surface area contributed by atoms with Gasteiger partial charge in [0.15, 0.2) is 0 Å². The van der Waals surface area contributed by atoms with Gasteiger partial charge >= 0.3 is 0 Å². The molecule has 0 bridgehead atoms. The Morgan fingerprint density at radius 1 is 0.480 bits per heavy atom. The molecule has 0 aromatic heterocycles. The first-order valence-corrected chi connectivity index (χ1v) is 11.8. The van der Waals surface area contributed by atoms with E-state index in [-0.39, 0.29) is 0 Å². The van der Waals surface area contributed by atoms with Crippen LogP contribution in [0.25, 0.3) is 0 Å². The first-order valence-electron chi connectivity index (χ1n) is 11.8. The highest BCUT2D eigenvalue weighted by atomic mass is 16.5. The van der Waals surface area contributed by atoms with Gasteiger partial charge in [0.1, 0.15) is 0 Å². The molecule has 0 aliphatic heterocycles. The van der Waals surface area contributed by atoms with Crippen molar-refractivity contribution in [2.24, 2.45) is 0 Å². The lowest BCUT2D eigenvalue weighted by atomic mass is 10.0. The normalized spacial score (nSPS) is 12.6. The molecule has 1 nitrogen and oxygen atoms in total. The van der Waals surface area contributed by atoms with Crippen LogP contribution in [0.3, 0.4) is 0 Å². The first-order chi connectivity index (χ1) is 12.3. The zero-order valence-corrected chi connectivity index (χ0v) is 18.1. The lowest BCUT2D eigenvalue weighted by Crippen LogP contribution is -2.03. The number of hydrogen-bond acceptors (Lipinski definition) is 1. The van der Waals surface area contributed by atoms with E-state index in [9.17, 15) is 0 Å².